The number of aromatic nitrogens is 1. The fourth-order valence-corrected chi connectivity index (χ4v) is 1.69. The van der Waals surface area contributed by atoms with Crippen molar-refractivity contribution in [2.75, 3.05) is 32.2 Å². The largest absolute Gasteiger partial charge is 0.409 e. The van der Waals surface area contributed by atoms with E-state index in [0.717, 1.165) is 0 Å². The van der Waals surface area contributed by atoms with Crippen LogP contribution >= 0.6 is 0 Å². The van der Waals surface area contributed by atoms with Crippen molar-refractivity contribution in [1.82, 2.24) is 4.98 Å². The van der Waals surface area contributed by atoms with Gasteiger partial charge in [-0.1, -0.05) is 5.16 Å². The number of nitro groups is 1. The van der Waals surface area contributed by atoms with Crippen molar-refractivity contribution < 1.29 is 20.0 Å². The minimum Gasteiger partial charge on any atom is -0.409 e. The standard InChI is InChI=1S/C11H17N5O5/c1-15(5-7(17)6-21-2)9-4-3-8(16(19)20)10(13-9)11(12)14-18/h3-4,7,17-18H,5-6H2,1-2H3,(H2,12,14). The van der Waals surface area contributed by atoms with Gasteiger partial charge in [0, 0.05) is 26.8 Å². The third-order valence-corrected chi connectivity index (χ3v) is 2.64. The molecule has 1 aromatic rings. The molecular formula is C11H17N5O5. The molecule has 0 aliphatic rings. The van der Waals surface area contributed by atoms with E-state index in [1.165, 1.54) is 19.2 Å². The lowest BCUT2D eigenvalue weighted by molar-refractivity contribution is -0.385. The van der Waals surface area contributed by atoms with Gasteiger partial charge in [0.2, 0.25) is 0 Å². The lowest BCUT2D eigenvalue weighted by Gasteiger charge is -2.21. The smallest absolute Gasteiger partial charge is 0.298 e. The Morgan fingerprint density at radius 2 is 2.33 bits per heavy atom. The molecule has 0 saturated carbocycles. The SMILES string of the molecule is COCC(O)CN(C)c1ccc([N+](=O)[O-])c(/C(N)=N/O)n1. The fraction of sp³-hybridized carbons (Fsp3) is 0.455. The molecule has 0 amide bonds. The molecule has 4 N–H and O–H groups in total. The van der Waals surface area contributed by atoms with E-state index in [-0.39, 0.29) is 24.5 Å². The summed E-state index contributed by atoms with van der Waals surface area (Å²) in [5.41, 5.74) is 4.78. The molecule has 10 heteroatoms. The van der Waals surface area contributed by atoms with Crippen LogP contribution in [0.2, 0.25) is 0 Å². The minimum atomic E-state index is -0.746. The maximum absolute atomic E-state index is 10.9. The van der Waals surface area contributed by atoms with Crippen molar-refractivity contribution in [3.8, 4) is 0 Å². The second kappa shape index (κ2) is 7.36. The molecule has 1 atom stereocenters. The predicted molar refractivity (Wildman–Crippen MR) is 74.6 cm³/mol. The maximum Gasteiger partial charge on any atom is 0.298 e. The Balaban J connectivity index is 3.07. The highest BCUT2D eigenvalue weighted by Gasteiger charge is 2.21. The number of rotatable bonds is 7. The van der Waals surface area contributed by atoms with Crippen LogP contribution in [0.3, 0.4) is 0 Å². The number of hydrogen-bond donors (Lipinski definition) is 3. The van der Waals surface area contributed by atoms with E-state index in [0.29, 0.717) is 5.82 Å². The molecule has 0 fully saturated rings. The lowest BCUT2D eigenvalue weighted by Crippen LogP contribution is -2.32. The monoisotopic (exact) mass is 299 g/mol. The summed E-state index contributed by atoms with van der Waals surface area (Å²) in [6.45, 7) is 0.346. The summed E-state index contributed by atoms with van der Waals surface area (Å²) in [5.74, 6) is -0.133. The van der Waals surface area contributed by atoms with Gasteiger partial charge in [0.15, 0.2) is 11.5 Å². The molecule has 10 nitrogen and oxygen atoms in total. The van der Waals surface area contributed by atoms with Gasteiger partial charge in [-0.05, 0) is 6.07 Å². The van der Waals surface area contributed by atoms with E-state index in [1.807, 2.05) is 0 Å². The van der Waals surface area contributed by atoms with Crippen LogP contribution in [0, 0.1) is 10.1 Å². The van der Waals surface area contributed by atoms with Gasteiger partial charge >= 0.3 is 0 Å². The van der Waals surface area contributed by atoms with Crippen LogP contribution in [-0.4, -0.2) is 59.5 Å². The number of oxime groups is 1. The number of aliphatic hydroxyl groups is 1. The third kappa shape index (κ3) is 4.26. The molecule has 0 aliphatic heterocycles. The van der Waals surface area contributed by atoms with Crippen molar-refractivity contribution in [3.05, 3.63) is 27.9 Å². The highest BCUT2D eigenvalue weighted by atomic mass is 16.6. The first-order valence-electron chi connectivity index (χ1n) is 5.92. The van der Waals surface area contributed by atoms with Crippen molar-refractivity contribution in [3.63, 3.8) is 0 Å². The van der Waals surface area contributed by atoms with E-state index in [2.05, 4.69) is 10.1 Å². The molecule has 0 saturated heterocycles. The van der Waals surface area contributed by atoms with Crippen LogP contribution in [0.4, 0.5) is 11.5 Å². The Labute approximate surface area is 120 Å². The number of nitrogens with zero attached hydrogens (tertiary/aromatic N) is 4. The topological polar surface area (TPSA) is 147 Å². The summed E-state index contributed by atoms with van der Waals surface area (Å²) in [4.78, 5) is 15.8. The molecular weight excluding hydrogens is 282 g/mol. The second-order valence-electron chi connectivity index (χ2n) is 4.27. The normalized spacial score (nSPS) is 13.0. The summed E-state index contributed by atoms with van der Waals surface area (Å²) in [5, 5.41) is 31.9. The van der Waals surface area contributed by atoms with Gasteiger partial charge in [0.1, 0.15) is 5.82 Å². The van der Waals surface area contributed by atoms with Gasteiger partial charge in [-0.3, -0.25) is 10.1 Å². The van der Waals surface area contributed by atoms with Crippen LogP contribution < -0.4 is 10.6 Å². The maximum atomic E-state index is 10.9. The number of methoxy groups -OCH3 is 1. The second-order valence-corrected chi connectivity index (χ2v) is 4.27. The number of pyridine rings is 1. The van der Waals surface area contributed by atoms with Gasteiger partial charge in [0.05, 0.1) is 17.6 Å². The first-order valence-corrected chi connectivity index (χ1v) is 5.92. The molecule has 21 heavy (non-hydrogen) atoms. The molecule has 1 unspecified atom stereocenters. The van der Waals surface area contributed by atoms with Gasteiger partial charge < -0.3 is 25.7 Å². The number of anilines is 1. The van der Waals surface area contributed by atoms with E-state index in [4.69, 9.17) is 15.7 Å². The number of aliphatic hydroxyl groups excluding tert-OH is 1. The Hall–Kier alpha value is -2.46. The van der Waals surface area contributed by atoms with Crippen molar-refractivity contribution in [1.29, 1.82) is 0 Å². The Bertz CT molecular complexity index is 536. The number of nitrogens with two attached hydrogens (primary N) is 1. The molecule has 1 rings (SSSR count). The molecule has 116 valence electrons. The van der Waals surface area contributed by atoms with E-state index < -0.39 is 16.9 Å². The summed E-state index contributed by atoms with van der Waals surface area (Å²) >= 11 is 0. The molecule has 0 aromatic carbocycles. The quantitative estimate of drug-likeness (QED) is 0.201. The van der Waals surface area contributed by atoms with Crippen molar-refractivity contribution >= 4 is 17.3 Å². The van der Waals surface area contributed by atoms with Crippen LogP contribution in [0.1, 0.15) is 5.69 Å². The third-order valence-electron chi connectivity index (χ3n) is 2.64. The number of amidine groups is 1. The molecule has 0 radical (unpaired) electrons. The summed E-state index contributed by atoms with van der Waals surface area (Å²) in [6, 6.07) is 2.61. The zero-order valence-electron chi connectivity index (χ0n) is 11.6. The molecule has 1 heterocycles. The number of hydrogen-bond acceptors (Lipinski definition) is 8. The first kappa shape index (κ1) is 16.6. The average molecular weight is 299 g/mol. The molecule has 1 aromatic heterocycles. The first-order chi connectivity index (χ1) is 9.90. The number of likely N-dealkylation sites (N-methyl/N-ethyl adjacent to an activating group) is 1. The van der Waals surface area contributed by atoms with Crippen LogP contribution in [0.15, 0.2) is 17.3 Å². The Kier molecular flexibility index (Phi) is 5.81. The summed E-state index contributed by atoms with van der Waals surface area (Å²) in [7, 11) is 3.10. The van der Waals surface area contributed by atoms with Crippen LogP contribution in [0.25, 0.3) is 0 Å². The lowest BCUT2D eigenvalue weighted by atomic mass is 10.2. The number of ether oxygens (including phenoxy) is 1. The fourth-order valence-electron chi connectivity index (χ4n) is 1.69. The van der Waals surface area contributed by atoms with Gasteiger partial charge in [0.25, 0.3) is 5.69 Å². The minimum absolute atomic E-state index is 0.143. The van der Waals surface area contributed by atoms with Gasteiger partial charge in [-0.25, -0.2) is 4.98 Å². The van der Waals surface area contributed by atoms with E-state index in [9.17, 15) is 15.2 Å². The van der Waals surface area contributed by atoms with Crippen molar-refractivity contribution in [2.24, 2.45) is 10.9 Å². The van der Waals surface area contributed by atoms with Gasteiger partial charge in [-0.2, -0.15) is 0 Å². The summed E-state index contributed by atoms with van der Waals surface area (Å²) in [6.07, 6.45) is -0.746. The van der Waals surface area contributed by atoms with E-state index in [1.54, 1.807) is 11.9 Å². The highest BCUT2D eigenvalue weighted by molar-refractivity contribution is 5.99. The van der Waals surface area contributed by atoms with Crippen LogP contribution in [-0.2, 0) is 4.74 Å². The summed E-state index contributed by atoms with van der Waals surface area (Å²) < 4.78 is 4.81. The van der Waals surface area contributed by atoms with E-state index >= 15 is 0 Å². The average Bonchev–Trinajstić information content (AvgIpc) is 2.45. The molecule has 0 bridgehead atoms. The highest BCUT2D eigenvalue weighted by Crippen LogP contribution is 2.20. The van der Waals surface area contributed by atoms with Gasteiger partial charge in [-0.15, -0.1) is 0 Å². The molecule has 0 spiro atoms. The van der Waals surface area contributed by atoms with Crippen molar-refractivity contribution in [2.45, 2.75) is 6.10 Å². The Morgan fingerprint density at radius 3 is 2.86 bits per heavy atom. The Morgan fingerprint density at radius 1 is 1.67 bits per heavy atom. The zero-order valence-corrected chi connectivity index (χ0v) is 11.6. The molecule has 0 aliphatic carbocycles. The van der Waals surface area contributed by atoms with Crippen LogP contribution in [0.5, 0.6) is 0 Å². The predicted octanol–water partition coefficient (Wildman–Crippen LogP) is -0.472. The zero-order chi connectivity index (χ0) is 16.0.